The Kier molecular flexibility index (Phi) is 8.54. The molecule has 0 amide bonds. The molecule has 4 aromatic rings. The summed E-state index contributed by atoms with van der Waals surface area (Å²) in [4.78, 5) is 37.6. The molecule has 1 aliphatic heterocycles. The highest BCUT2D eigenvalue weighted by atomic mass is 35.5. The predicted molar refractivity (Wildman–Crippen MR) is 173 cm³/mol. The minimum atomic E-state index is -1.02. The van der Waals surface area contributed by atoms with Crippen LogP contribution in [0, 0.1) is 13.8 Å². The number of pyridine rings is 1. The number of hydrogen-bond acceptors (Lipinski definition) is 8. The standard InChI is InChI=1S/C33H37ClN4O5S/c1-19-15-24(30-29(35-19)26(18-44-30)32(40)41)23-16-21(34)5-6-28(23)43-14-13-38-20(2)36-27-7-10-33(3,17-25(27)31(38)39)37-11-8-22(42-4)9-12-37/h5-6,15-16,18,22H,7-14,17H2,1-4H3,(H,40,41). The molecule has 1 aliphatic carbocycles. The van der Waals surface area contributed by atoms with E-state index in [2.05, 4.69) is 16.8 Å². The SMILES string of the molecule is COC1CCN(C2(C)CCc3nc(C)n(CCOc4ccc(Cl)cc4-c4cc(C)nc5c(C(=O)O)csc45)c(=O)c3C2)CC1. The molecule has 0 saturated carbocycles. The van der Waals surface area contributed by atoms with Crippen molar-refractivity contribution in [3.63, 3.8) is 0 Å². The third kappa shape index (κ3) is 5.76. The van der Waals surface area contributed by atoms with Crippen molar-refractivity contribution in [1.29, 1.82) is 0 Å². The molecule has 44 heavy (non-hydrogen) atoms. The third-order valence-electron chi connectivity index (χ3n) is 9.22. The number of benzene rings is 1. The number of carboxylic acids is 1. The maximum absolute atomic E-state index is 13.9. The lowest BCUT2D eigenvalue weighted by Gasteiger charge is -2.47. The highest BCUT2D eigenvalue weighted by Gasteiger charge is 2.39. The molecule has 0 bridgehead atoms. The van der Waals surface area contributed by atoms with Gasteiger partial charge >= 0.3 is 5.97 Å². The van der Waals surface area contributed by atoms with Crippen LogP contribution >= 0.6 is 22.9 Å². The molecule has 0 radical (unpaired) electrons. The zero-order valence-corrected chi connectivity index (χ0v) is 27.1. The summed E-state index contributed by atoms with van der Waals surface area (Å²) in [5.74, 6) is 0.262. The normalized spacial score (nSPS) is 19.3. The molecule has 9 nitrogen and oxygen atoms in total. The lowest BCUT2D eigenvalue weighted by atomic mass is 9.79. The summed E-state index contributed by atoms with van der Waals surface area (Å²) in [6.45, 7) is 8.53. The van der Waals surface area contributed by atoms with Crippen LogP contribution in [0.1, 0.15) is 59.3 Å². The van der Waals surface area contributed by atoms with Crippen molar-refractivity contribution in [2.75, 3.05) is 26.8 Å². The predicted octanol–water partition coefficient (Wildman–Crippen LogP) is 5.93. The number of likely N-dealkylation sites (tertiary alicyclic amines) is 1. The highest BCUT2D eigenvalue weighted by molar-refractivity contribution is 7.18. The van der Waals surface area contributed by atoms with E-state index in [4.69, 9.17) is 26.1 Å². The number of carbonyl (C=O) groups is 1. The number of carboxylic acid groups (broad SMARTS) is 1. The van der Waals surface area contributed by atoms with E-state index in [0.717, 1.165) is 65.9 Å². The molecule has 1 saturated heterocycles. The van der Waals surface area contributed by atoms with E-state index in [1.807, 2.05) is 32.0 Å². The number of rotatable bonds is 8. The summed E-state index contributed by atoms with van der Waals surface area (Å²) in [6.07, 6.45) is 4.80. The summed E-state index contributed by atoms with van der Waals surface area (Å²) in [5.41, 5.74) is 4.52. The molecule has 1 unspecified atom stereocenters. The second kappa shape index (κ2) is 12.2. The van der Waals surface area contributed by atoms with Gasteiger partial charge < -0.3 is 14.6 Å². The monoisotopic (exact) mass is 636 g/mol. The Morgan fingerprint density at radius 1 is 1.18 bits per heavy atom. The van der Waals surface area contributed by atoms with Crippen molar-refractivity contribution in [2.45, 2.75) is 71.1 Å². The van der Waals surface area contributed by atoms with Crippen molar-refractivity contribution in [2.24, 2.45) is 0 Å². The molecular weight excluding hydrogens is 600 g/mol. The maximum Gasteiger partial charge on any atom is 0.338 e. The van der Waals surface area contributed by atoms with Crippen molar-refractivity contribution in [3.8, 4) is 16.9 Å². The minimum absolute atomic E-state index is 0.0105. The van der Waals surface area contributed by atoms with E-state index >= 15 is 0 Å². The van der Waals surface area contributed by atoms with Crippen molar-refractivity contribution >= 4 is 39.1 Å². The van der Waals surface area contributed by atoms with E-state index < -0.39 is 5.97 Å². The van der Waals surface area contributed by atoms with Gasteiger partial charge in [0.2, 0.25) is 0 Å². The Balaban J connectivity index is 1.24. The average Bonchev–Trinajstić information content (AvgIpc) is 3.44. The first-order valence-electron chi connectivity index (χ1n) is 15.0. The largest absolute Gasteiger partial charge is 0.491 e. The van der Waals surface area contributed by atoms with Crippen LogP contribution in [-0.4, -0.2) is 69.0 Å². The maximum atomic E-state index is 13.9. The van der Waals surface area contributed by atoms with Gasteiger partial charge in [0.1, 0.15) is 18.2 Å². The Labute approximate surface area is 265 Å². The van der Waals surface area contributed by atoms with E-state index in [-0.39, 0.29) is 23.3 Å². The number of hydrogen-bond donors (Lipinski definition) is 1. The zero-order chi connectivity index (χ0) is 31.2. The quantitative estimate of drug-likeness (QED) is 0.254. The van der Waals surface area contributed by atoms with E-state index in [9.17, 15) is 14.7 Å². The molecule has 6 rings (SSSR count). The van der Waals surface area contributed by atoms with Crippen molar-refractivity contribution < 1.29 is 19.4 Å². The summed E-state index contributed by atoms with van der Waals surface area (Å²) >= 11 is 7.75. The molecule has 0 spiro atoms. The number of thiophene rings is 1. The topological polar surface area (TPSA) is 107 Å². The minimum Gasteiger partial charge on any atom is -0.491 e. The van der Waals surface area contributed by atoms with Crippen molar-refractivity contribution in [3.05, 3.63) is 73.4 Å². The smallest absolute Gasteiger partial charge is 0.338 e. The number of nitrogens with zero attached hydrogens (tertiary/aromatic N) is 4. The third-order valence-corrected chi connectivity index (χ3v) is 10.5. The van der Waals surface area contributed by atoms with Gasteiger partial charge in [-0.1, -0.05) is 11.6 Å². The van der Waals surface area contributed by atoms with Gasteiger partial charge in [-0.2, -0.15) is 0 Å². The Morgan fingerprint density at radius 3 is 2.68 bits per heavy atom. The van der Waals surface area contributed by atoms with Crippen LogP contribution in [0.5, 0.6) is 5.75 Å². The van der Waals surface area contributed by atoms with Crippen LogP contribution in [0.2, 0.25) is 5.02 Å². The summed E-state index contributed by atoms with van der Waals surface area (Å²) in [7, 11) is 1.78. The number of aromatic nitrogens is 3. The molecular formula is C33H37ClN4O5S. The molecule has 1 fully saturated rings. The molecule has 4 heterocycles. The van der Waals surface area contributed by atoms with Gasteiger partial charge in [0.05, 0.1) is 34.1 Å². The van der Waals surface area contributed by atoms with Crippen LogP contribution < -0.4 is 10.3 Å². The zero-order valence-electron chi connectivity index (χ0n) is 25.5. The van der Waals surface area contributed by atoms with Crippen LogP contribution in [0.15, 0.2) is 34.4 Å². The fourth-order valence-corrected chi connectivity index (χ4v) is 7.92. The average molecular weight is 637 g/mol. The summed E-state index contributed by atoms with van der Waals surface area (Å²) < 4.78 is 14.4. The van der Waals surface area contributed by atoms with Crippen LogP contribution in [0.3, 0.4) is 0 Å². The summed E-state index contributed by atoms with van der Waals surface area (Å²) in [5, 5.41) is 11.8. The molecule has 232 valence electrons. The van der Waals surface area contributed by atoms with E-state index in [0.29, 0.717) is 46.9 Å². The molecule has 1 aromatic carbocycles. The lowest BCUT2D eigenvalue weighted by molar-refractivity contribution is -0.00406. The Hall–Kier alpha value is -3.31. The number of piperidine rings is 1. The number of aryl methyl sites for hydroxylation is 3. The van der Waals surface area contributed by atoms with Gasteiger partial charge in [0.15, 0.2) is 0 Å². The fraction of sp³-hybridized carbons (Fsp3) is 0.455. The number of fused-ring (bicyclic) bond motifs is 2. The second-order valence-electron chi connectivity index (χ2n) is 12.1. The van der Waals surface area contributed by atoms with Crippen molar-refractivity contribution in [1.82, 2.24) is 19.4 Å². The molecule has 3 aromatic heterocycles. The number of methoxy groups -OCH3 is 1. The van der Waals surface area contributed by atoms with E-state index in [1.54, 1.807) is 23.1 Å². The molecule has 1 atom stereocenters. The van der Waals surface area contributed by atoms with Crippen LogP contribution in [-0.2, 0) is 24.1 Å². The van der Waals surface area contributed by atoms with Gasteiger partial charge in [0.25, 0.3) is 5.56 Å². The van der Waals surface area contributed by atoms with Crippen LogP contribution in [0.4, 0.5) is 0 Å². The van der Waals surface area contributed by atoms with Crippen LogP contribution in [0.25, 0.3) is 21.3 Å². The van der Waals surface area contributed by atoms with Gasteiger partial charge in [-0.3, -0.25) is 19.2 Å². The van der Waals surface area contributed by atoms with E-state index in [1.165, 1.54) is 11.3 Å². The molecule has 1 N–H and O–H groups in total. The summed E-state index contributed by atoms with van der Waals surface area (Å²) in [6, 6.07) is 7.31. The van der Waals surface area contributed by atoms with Gasteiger partial charge in [-0.25, -0.2) is 9.78 Å². The Morgan fingerprint density at radius 2 is 1.95 bits per heavy atom. The first-order chi connectivity index (χ1) is 21.1. The lowest BCUT2D eigenvalue weighted by Crippen LogP contribution is -2.55. The first-order valence-corrected chi connectivity index (χ1v) is 16.3. The van der Waals surface area contributed by atoms with Gasteiger partial charge in [-0.15, -0.1) is 11.3 Å². The second-order valence-corrected chi connectivity index (χ2v) is 13.4. The van der Waals surface area contributed by atoms with Gasteiger partial charge in [0, 0.05) is 58.5 Å². The van der Waals surface area contributed by atoms with Gasteiger partial charge in [-0.05, 0) is 77.1 Å². The first kappa shape index (κ1) is 30.7. The number of halogens is 1. The molecule has 11 heteroatoms. The fourth-order valence-electron chi connectivity index (χ4n) is 6.74. The number of aromatic carboxylic acids is 1. The number of ether oxygens (including phenoxy) is 2. The Bertz CT molecular complexity index is 1800. The highest BCUT2D eigenvalue weighted by Crippen LogP contribution is 2.40. The molecule has 2 aliphatic rings.